The van der Waals surface area contributed by atoms with E-state index in [1.807, 2.05) is 0 Å². The second-order valence-electron chi connectivity index (χ2n) is 15.2. The van der Waals surface area contributed by atoms with Crippen LogP contribution < -0.4 is 5.32 Å². The van der Waals surface area contributed by atoms with E-state index in [4.69, 9.17) is 4.99 Å². The van der Waals surface area contributed by atoms with Crippen molar-refractivity contribution in [3.8, 4) is 0 Å². The van der Waals surface area contributed by atoms with Gasteiger partial charge in [-0.3, -0.25) is 9.28 Å². The van der Waals surface area contributed by atoms with Crippen LogP contribution in [0.15, 0.2) is 4.99 Å². The predicted octanol–water partition coefficient (Wildman–Crippen LogP) is 11.9. The molecule has 2 N–H and O–H groups in total. The summed E-state index contributed by atoms with van der Waals surface area (Å²) >= 11 is 0. The Morgan fingerprint density at radius 3 is 1.35 bits per heavy atom. The summed E-state index contributed by atoms with van der Waals surface area (Å²) in [5, 5.41) is 12.8. The van der Waals surface area contributed by atoms with Crippen LogP contribution in [-0.4, -0.2) is 60.0 Å². The van der Waals surface area contributed by atoms with Crippen molar-refractivity contribution in [2.75, 3.05) is 32.7 Å². The van der Waals surface area contributed by atoms with Gasteiger partial charge >= 0.3 is 5.97 Å². The van der Waals surface area contributed by atoms with E-state index in [9.17, 15) is 14.7 Å². The second-order valence-corrected chi connectivity index (χ2v) is 15.2. The lowest BCUT2D eigenvalue weighted by Gasteiger charge is -2.33. The molecule has 1 heterocycles. The molecule has 0 saturated heterocycles. The predicted molar refractivity (Wildman–Crippen MR) is 207 cm³/mol. The fourth-order valence-corrected chi connectivity index (χ4v) is 7.52. The number of nitrogens with zero attached hydrogens (tertiary/aromatic N) is 2. The van der Waals surface area contributed by atoms with Crippen LogP contribution in [0.4, 0.5) is 0 Å². The number of carboxylic acid groups (broad SMARTS) is 1. The van der Waals surface area contributed by atoms with Crippen LogP contribution in [0.25, 0.3) is 0 Å². The molecule has 0 aromatic rings. The molecule has 48 heavy (non-hydrogen) atoms. The van der Waals surface area contributed by atoms with Crippen molar-refractivity contribution >= 4 is 17.7 Å². The molecule has 0 fully saturated rings. The number of unbranched alkanes of at least 4 members (excludes halogenated alkanes) is 28. The van der Waals surface area contributed by atoms with Gasteiger partial charge in [-0.2, -0.15) is 0 Å². The standard InChI is InChI=1S/C42H81N3O3/c1-3-5-7-9-11-13-15-17-19-21-23-25-27-29-31-33-40-43-35-37-45(40,39-42(47)48)38-36-44-41(46)34-32-30-28-26-24-22-20-18-16-14-12-10-8-6-4-2/h3-39H2,1-2H3,(H-,44,46,47,48)/p+1. The summed E-state index contributed by atoms with van der Waals surface area (Å²) in [4.78, 5) is 29.1. The van der Waals surface area contributed by atoms with Crippen LogP contribution in [0.2, 0.25) is 0 Å². The number of rotatable bonds is 37. The molecule has 0 bridgehead atoms. The normalized spacial score (nSPS) is 16.0. The van der Waals surface area contributed by atoms with Crippen LogP contribution >= 0.6 is 0 Å². The molecule has 1 atom stereocenters. The van der Waals surface area contributed by atoms with E-state index < -0.39 is 5.97 Å². The molecule has 1 aliphatic heterocycles. The minimum Gasteiger partial charge on any atom is -0.477 e. The number of nitrogens with one attached hydrogen (secondary N) is 1. The highest BCUT2D eigenvalue weighted by atomic mass is 16.4. The van der Waals surface area contributed by atoms with Crippen molar-refractivity contribution in [2.45, 2.75) is 219 Å². The molecule has 282 valence electrons. The molecule has 0 aromatic heterocycles. The van der Waals surface area contributed by atoms with E-state index in [1.165, 1.54) is 173 Å². The Bertz CT molecular complexity index is 786. The Morgan fingerprint density at radius 1 is 0.583 bits per heavy atom. The lowest BCUT2D eigenvalue weighted by Crippen LogP contribution is -2.56. The van der Waals surface area contributed by atoms with Gasteiger partial charge in [0.1, 0.15) is 13.1 Å². The lowest BCUT2D eigenvalue weighted by atomic mass is 10.0. The molecule has 0 aliphatic carbocycles. The number of quaternary nitrogens is 1. The summed E-state index contributed by atoms with van der Waals surface area (Å²) in [6, 6.07) is 0. The van der Waals surface area contributed by atoms with Gasteiger partial charge in [-0.25, -0.2) is 9.79 Å². The average molecular weight is 677 g/mol. The van der Waals surface area contributed by atoms with Gasteiger partial charge in [-0.05, 0) is 12.8 Å². The van der Waals surface area contributed by atoms with Crippen molar-refractivity contribution in [3.05, 3.63) is 0 Å². The van der Waals surface area contributed by atoms with E-state index >= 15 is 0 Å². The van der Waals surface area contributed by atoms with Crippen LogP contribution in [0, 0.1) is 0 Å². The minimum atomic E-state index is -0.773. The zero-order valence-corrected chi connectivity index (χ0v) is 32.3. The fourth-order valence-electron chi connectivity index (χ4n) is 7.52. The number of carbonyl (C=O) groups excluding carboxylic acids is 1. The highest BCUT2D eigenvalue weighted by Crippen LogP contribution is 2.21. The third-order valence-electron chi connectivity index (χ3n) is 10.7. The first-order valence-corrected chi connectivity index (χ1v) is 21.4. The van der Waals surface area contributed by atoms with E-state index in [-0.39, 0.29) is 12.5 Å². The Morgan fingerprint density at radius 2 is 0.958 bits per heavy atom. The summed E-state index contributed by atoms with van der Waals surface area (Å²) in [7, 11) is 0. The monoisotopic (exact) mass is 677 g/mol. The first kappa shape index (κ1) is 44.6. The summed E-state index contributed by atoms with van der Waals surface area (Å²) in [5.74, 6) is 0.382. The maximum Gasteiger partial charge on any atom is 0.359 e. The molecule has 6 heteroatoms. The molecule has 0 spiro atoms. The molecule has 0 radical (unpaired) electrons. The number of amides is 1. The first-order valence-electron chi connectivity index (χ1n) is 21.4. The SMILES string of the molecule is CCCCCCCCCCCCCCCCCC(=O)NCC[N+]1(CC(=O)O)CCN=C1CCCCCCCCCCCCCCCCC. The number of aliphatic carboxylic acids is 1. The van der Waals surface area contributed by atoms with E-state index in [0.717, 1.165) is 38.1 Å². The van der Waals surface area contributed by atoms with Gasteiger partial charge in [0.05, 0.1) is 13.1 Å². The van der Waals surface area contributed by atoms with Gasteiger partial charge in [-0.15, -0.1) is 0 Å². The minimum absolute atomic E-state index is 0.0759. The lowest BCUT2D eigenvalue weighted by molar-refractivity contribution is -0.827. The van der Waals surface area contributed by atoms with Gasteiger partial charge in [0.15, 0.2) is 12.4 Å². The van der Waals surface area contributed by atoms with Crippen LogP contribution in [0.5, 0.6) is 0 Å². The number of amidine groups is 1. The number of aliphatic imine (C=N–C) groups is 1. The largest absolute Gasteiger partial charge is 0.477 e. The average Bonchev–Trinajstić information content (AvgIpc) is 3.45. The molecular formula is C42H82N3O3+. The van der Waals surface area contributed by atoms with Gasteiger partial charge in [0, 0.05) is 12.8 Å². The molecule has 1 aliphatic rings. The Hall–Kier alpha value is -1.43. The zero-order valence-electron chi connectivity index (χ0n) is 32.3. The third-order valence-corrected chi connectivity index (χ3v) is 10.7. The molecular weight excluding hydrogens is 594 g/mol. The fraction of sp³-hybridized carbons (Fsp3) is 0.929. The van der Waals surface area contributed by atoms with Gasteiger partial charge in [-0.1, -0.05) is 194 Å². The summed E-state index contributed by atoms with van der Waals surface area (Å²) < 4.78 is 0.424. The maximum absolute atomic E-state index is 12.5. The Kier molecular flexibility index (Phi) is 30.4. The number of hydrogen-bond acceptors (Lipinski definition) is 3. The third kappa shape index (κ3) is 25.5. The van der Waals surface area contributed by atoms with Crippen LogP contribution in [0.3, 0.4) is 0 Å². The number of carboxylic acids is 1. The van der Waals surface area contributed by atoms with Crippen LogP contribution in [0.1, 0.15) is 219 Å². The number of carbonyl (C=O) groups is 2. The van der Waals surface area contributed by atoms with Crippen molar-refractivity contribution in [3.63, 3.8) is 0 Å². The number of hydrogen-bond donors (Lipinski definition) is 2. The molecule has 6 nitrogen and oxygen atoms in total. The van der Waals surface area contributed by atoms with E-state index in [2.05, 4.69) is 19.2 Å². The quantitative estimate of drug-likeness (QED) is 0.0508. The smallest absolute Gasteiger partial charge is 0.359 e. The molecule has 0 aromatic carbocycles. The van der Waals surface area contributed by atoms with Crippen LogP contribution in [-0.2, 0) is 9.59 Å². The zero-order chi connectivity index (χ0) is 34.8. The molecule has 1 amide bonds. The van der Waals surface area contributed by atoms with Crippen molar-refractivity contribution in [1.82, 2.24) is 5.32 Å². The van der Waals surface area contributed by atoms with Crippen molar-refractivity contribution in [1.29, 1.82) is 0 Å². The summed E-state index contributed by atoms with van der Waals surface area (Å²) in [5.41, 5.74) is 0. The summed E-state index contributed by atoms with van der Waals surface area (Å²) in [6.07, 6.45) is 41.5. The van der Waals surface area contributed by atoms with Gasteiger partial charge in [0.2, 0.25) is 5.91 Å². The highest BCUT2D eigenvalue weighted by molar-refractivity contribution is 5.80. The highest BCUT2D eigenvalue weighted by Gasteiger charge is 2.39. The van der Waals surface area contributed by atoms with E-state index in [0.29, 0.717) is 30.5 Å². The molecule has 0 saturated carbocycles. The van der Waals surface area contributed by atoms with Gasteiger partial charge < -0.3 is 10.4 Å². The maximum atomic E-state index is 12.5. The topological polar surface area (TPSA) is 78.8 Å². The first-order chi connectivity index (χ1) is 23.5. The second kappa shape index (κ2) is 32.8. The molecule has 1 rings (SSSR count). The Balaban J connectivity index is 2.07. The summed E-state index contributed by atoms with van der Waals surface area (Å²) in [6.45, 7) is 7.25. The van der Waals surface area contributed by atoms with Gasteiger partial charge in [0.25, 0.3) is 0 Å². The van der Waals surface area contributed by atoms with E-state index in [1.54, 1.807) is 0 Å². The van der Waals surface area contributed by atoms with Crippen molar-refractivity contribution in [2.24, 2.45) is 4.99 Å². The van der Waals surface area contributed by atoms with Crippen molar-refractivity contribution < 1.29 is 19.2 Å². The molecule has 1 unspecified atom stereocenters. The Labute approximate surface area is 298 Å².